The quantitative estimate of drug-likeness (QED) is 0.776. The SMILES string of the molecule is CCCCNc1nccc(C#N)c1Cl. The van der Waals surface area contributed by atoms with Crippen LogP contribution in [0.15, 0.2) is 12.3 Å². The number of nitrogens with zero attached hydrogens (tertiary/aromatic N) is 2. The van der Waals surface area contributed by atoms with Crippen LogP contribution in [0.4, 0.5) is 5.82 Å². The normalized spacial score (nSPS) is 9.50. The number of rotatable bonds is 4. The van der Waals surface area contributed by atoms with Crippen molar-refractivity contribution in [1.82, 2.24) is 4.98 Å². The van der Waals surface area contributed by atoms with Gasteiger partial charge in [-0.05, 0) is 12.5 Å². The molecule has 0 atom stereocenters. The zero-order chi connectivity index (χ0) is 10.4. The third kappa shape index (κ3) is 2.61. The highest BCUT2D eigenvalue weighted by atomic mass is 35.5. The Morgan fingerprint density at radius 3 is 3.07 bits per heavy atom. The number of halogens is 1. The van der Waals surface area contributed by atoms with Crippen LogP contribution in [-0.2, 0) is 0 Å². The van der Waals surface area contributed by atoms with Gasteiger partial charge in [-0.2, -0.15) is 5.26 Å². The van der Waals surface area contributed by atoms with E-state index in [4.69, 9.17) is 16.9 Å². The van der Waals surface area contributed by atoms with Gasteiger partial charge in [-0.1, -0.05) is 24.9 Å². The number of anilines is 1. The summed E-state index contributed by atoms with van der Waals surface area (Å²) in [5, 5.41) is 12.2. The van der Waals surface area contributed by atoms with E-state index in [0.29, 0.717) is 16.4 Å². The lowest BCUT2D eigenvalue weighted by Gasteiger charge is -2.06. The molecule has 1 aromatic heterocycles. The highest BCUT2D eigenvalue weighted by molar-refractivity contribution is 6.34. The molecule has 3 nitrogen and oxygen atoms in total. The minimum atomic E-state index is 0.408. The van der Waals surface area contributed by atoms with Crippen LogP contribution in [0.1, 0.15) is 25.3 Å². The van der Waals surface area contributed by atoms with Crippen LogP contribution in [-0.4, -0.2) is 11.5 Å². The van der Waals surface area contributed by atoms with Gasteiger partial charge in [-0.15, -0.1) is 0 Å². The molecule has 0 amide bonds. The van der Waals surface area contributed by atoms with Crippen LogP contribution in [0.2, 0.25) is 5.02 Å². The minimum absolute atomic E-state index is 0.408. The number of aromatic nitrogens is 1. The number of nitriles is 1. The van der Waals surface area contributed by atoms with E-state index < -0.39 is 0 Å². The fourth-order valence-corrected chi connectivity index (χ4v) is 1.26. The largest absolute Gasteiger partial charge is 0.369 e. The molecular formula is C10H12ClN3. The second kappa shape index (κ2) is 5.46. The van der Waals surface area contributed by atoms with E-state index >= 15 is 0 Å². The van der Waals surface area contributed by atoms with E-state index in [-0.39, 0.29) is 0 Å². The van der Waals surface area contributed by atoms with Crippen molar-refractivity contribution in [2.75, 3.05) is 11.9 Å². The molecule has 0 radical (unpaired) electrons. The molecule has 1 heterocycles. The molecule has 74 valence electrons. The van der Waals surface area contributed by atoms with Crippen molar-refractivity contribution in [2.24, 2.45) is 0 Å². The fraction of sp³-hybridized carbons (Fsp3) is 0.400. The van der Waals surface area contributed by atoms with E-state index in [1.165, 1.54) is 0 Å². The second-order valence-corrected chi connectivity index (χ2v) is 3.29. The van der Waals surface area contributed by atoms with Crippen molar-refractivity contribution >= 4 is 17.4 Å². The standard InChI is InChI=1S/C10H12ClN3/c1-2-3-5-13-10-9(11)8(7-12)4-6-14-10/h4,6H,2-3,5H2,1H3,(H,13,14). The minimum Gasteiger partial charge on any atom is -0.369 e. The fourth-order valence-electron chi connectivity index (χ4n) is 1.04. The third-order valence-electron chi connectivity index (χ3n) is 1.83. The van der Waals surface area contributed by atoms with Crippen LogP contribution < -0.4 is 5.32 Å². The Bertz CT molecular complexity index is 344. The summed E-state index contributed by atoms with van der Waals surface area (Å²) < 4.78 is 0. The maximum Gasteiger partial charge on any atom is 0.146 e. The molecule has 0 unspecified atom stereocenters. The lowest BCUT2D eigenvalue weighted by atomic mass is 10.3. The van der Waals surface area contributed by atoms with Crippen LogP contribution in [0.25, 0.3) is 0 Å². The summed E-state index contributed by atoms with van der Waals surface area (Å²) in [5.41, 5.74) is 0.459. The molecule has 0 aliphatic rings. The Morgan fingerprint density at radius 2 is 2.43 bits per heavy atom. The second-order valence-electron chi connectivity index (χ2n) is 2.91. The Labute approximate surface area is 88.7 Å². The number of pyridine rings is 1. The molecule has 0 spiro atoms. The lowest BCUT2D eigenvalue weighted by molar-refractivity contribution is 0.831. The zero-order valence-corrected chi connectivity index (χ0v) is 8.80. The maximum atomic E-state index is 8.72. The van der Waals surface area contributed by atoms with Gasteiger partial charge in [0.1, 0.15) is 16.9 Å². The lowest BCUT2D eigenvalue weighted by Crippen LogP contribution is -2.03. The van der Waals surface area contributed by atoms with Gasteiger partial charge in [0.25, 0.3) is 0 Å². The molecule has 1 aromatic rings. The van der Waals surface area contributed by atoms with Crippen LogP contribution >= 0.6 is 11.6 Å². The summed E-state index contributed by atoms with van der Waals surface area (Å²) in [5.74, 6) is 0.596. The Morgan fingerprint density at radius 1 is 1.64 bits per heavy atom. The first-order valence-corrected chi connectivity index (χ1v) is 4.96. The smallest absolute Gasteiger partial charge is 0.146 e. The molecular weight excluding hydrogens is 198 g/mol. The maximum absolute atomic E-state index is 8.72. The highest BCUT2D eigenvalue weighted by Gasteiger charge is 2.05. The van der Waals surface area contributed by atoms with Crippen molar-refractivity contribution in [3.8, 4) is 6.07 Å². The first-order valence-electron chi connectivity index (χ1n) is 4.58. The third-order valence-corrected chi connectivity index (χ3v) is 2.22. The molecule has 0 saturated heterocycles. The molecule has 1 N–H and O–H groups in total. The van der Waals surface area contributed by atoms with Crippen molar-refractivity contribution in [2.45, 2.75) is 19.8 Å². The van der Waals surface area contributed by atoms with Crippen LogP contribution in [0.3, 0.4) is 0 Å². The van der Waals surface area contributed by atoms with E-state index in [2.05, 4.69) is 17.2 Å². The molecule has 0 saturated carbocycles. The summed E-state index contributed by atoms with van der Waals surface area (Å²) in [6, 6.07) is 3.62. The first kappa shape index (κ1) is 10.8. The first-order chi connectivity index (χ1) is 6.79. The van der Waals surface area contributed by atoms with Crippen molar-refractivity contribution < 1.29 is 0 Å². The average Bonchev–Trinajstić information content (AvgIpc) is 2.21. The molecule has 0 fully saturated rings. The predicted molar refractivity (Wildman–Crippen MR) is 57.4 cm³/mol. The van der Waals surface area contributed by atoms with E-state index in [0.717, 1.165) is 19.4 Å². The molecule has 0 aliphatic carbocycles. The molecule has 0 aliphatic heterocycles. The zero-order valence-electron chi connectivity index (χ0n) is 8.05. The molecule has 0 bridgehead atoms. The Hall–Kier alpha value is -1.27. The van der Waals surface area contributed by atoms with Crippen molar-refractivity contribution in [3.05, 3.63) is 22.8 Å². The van der Waals surface area contributed by atoms with Gasteiger partial charge in [0.2, 0.25) is 0 Å². The summed E-state index contributed by atoms with van der Waals surface area (Å²) in [4.78, 5) is 4.06. The van der Waals surface area contributed by atoms with E-state index in [9.17, 15) is 0 Å². The van der Waals surface area contributed by atoms with Gasteiger partial charge in [0.15, 0.2) is 0 Å². The number of hydrogen-bond acceptors (Lipinski definition) is 3. The Kier molecular flexibility index (Phi) is 4.21. The molecule has 4 heteroatoms. The van der Waals surface area contributed by atoms with Crippen LogP contribution in [0, 0.1) is 11.3 Å². The monoisotopic (exact) mass is 209 g/mol. The predicted octanol–water partition coefficient (Wildman–Crippen LogP) is 2.82. The Balaban J connectivity index is 2.73. The van der Waals surface area contributed by atoms with Gasteiger partial charge in [0, 0.05) is 12.7 Å². The highest BCUT2D eigenvalue weighted by Crippen LogP contribution is 2.22. The average molecular weight is 210 g/mol. The summed E-state index contributed by atoms with van der Waals surface area (Å²) in [6.07, 6.45) is 3.76. The number of hydrogen-bond donors (Lipinski definition) is 1. The number of unbranched alkanes of at least 4 members (excludes halogenated alkanes) is 1. The van der Waals surface area contributed by atoms with Gasteiger partial charge in [0.05, 0.1) is 5.56 Å². The van der Waals surface area contributed by atoms with Gasteiger partial charge < -0.3 is 5.32 Å². The molecule has 1 rings (SSSR count). The van der Waals surface area contributed by atoms with Crippen LogP contribution in [0.5, 0.6) is 0 Å². The van der Waals surface area contributed by atoms with Gasteiger partial charge in [-0.25, -0.2) is 4.98 Å². The number of nitrogens with one attached hydrogen (secondary N) is 1. The molecule has 0 aromatic carbocycles. The topological polar surface area (TPSA) is 48.7 Å². The van der Waals surface area contributed by atoms with Crippen molar-refractivity contribution in [3.63, 3.8) is 0 Å². The van der Waals surface area contributed by atoms with Crippen molar-refractivity contribution in [1.29, 1.82) is 5.26 Å². The summed E-state index contributed by atoms with van der Waals surface area (Å²) >= 11 is 5.94. The summed E-state index contributed by atoms with van der Waals surface area (Å²) in [7, 11) is 0. The summed E-state index contributed by atoms with van der Waals surface area (Å²) in [6.45, 7) is 2.94. The van der Waals surface area contributed by atoms with Gasteiger partial charge in [-0.3, -0.25) is 0 Å². The van der Waals surface area contributed by atoms with E-state index in [1.54, 1.807) is 12.3 Å². The van der Waals surface area contributed by atoms with E-state index in [1.807, 2.05) is 6.07 Å². The van der Waals surface area contributed by atoms with Gasteiger partial charge >= 0.3 is 0 Å². The molecule has 14 heavy (non-hydrogen) atoms.